The van der Waals surface area contributed by atoms with Crippen LogP contribution in [0.3, 0.4) is 0 Å². The lowest BCUT2D eigenvalue weighted by Gasteiger charge is -2.36. The smallest absolute Gasteiger partial charge is 0.248 e. The number of halogens is 1. The molecular weight excluding hydrogens is 310 g/mol. The Kier molecular flexibility index (Phi) is 4.98. The molecule has 1 aliphatic carbocycles. The number of hydrogen-bond acceptors (Lipinski definition) is 2. The van der Waals surface area contributed by atoms with Crippen LogP contribution in [0, 0.1) is 11.8 Å². The van der Waals surface area contributed by atoms with E-state index in [1.54, 1.807) is 7.11 Å². The van der Waals surface area contributed by atoms with Crippen molar-refractivity contribution in [2.24, 2.45) is 11.8 Å². The molecule has 1 heterocycles. The fraction of sp³-hybridized carbons (Fsp3) is 0.632. The standard InChI is InChI=1S/C19H26ClNO2/c1-14-9-10-16-17(13-14)21(11-6-12-23-2)18(22)19(16,20)15-7-4-3-5-8-15/h3-5,7-8,14,16-17H,6,9-13H2,1-2H3/t14-,16+,17?,19?/m1/s1. The summed E-state index contributed by atoms with van der Waals surface area (Å²) < 4.78 is 5.16. The highest BCUT2D eigenvalue weighted by Crippen LogP contribution is 2.53. The molecular formula is C19H26ClNO2. The normalized spacial score (nSPS) is 33.8. The van der Waals surface area contributed by atoms with E-state index in [0.29, 0.717) is 12.5 Å². The quantitative estimate of drug-likeness (QED) is 0.605. The van der Waals surface area contributed by atoms with Crippen LogP contribution in [0.15, 0.2) is 30.3 Å². The molecule has 4 heteroatoms. The third-order valence-corrected chi connectivity index (χ3v) is 6.16. The Bertz CT molecular complexity index is 550. The van der Waals surface area contributed by atoms with Gasteiger partial charge < -0.3 is 9.64 Å². The Morgan fingerprint density at radius 3 is 2.74 bits per heavy atom. The summed E-state index contributed by atoms with van der Waals surface area (Å²) in [5.41, 5.74) is 0.950. The maximum absolute atomic E-state index is 13.2. The summed E-state index contributed by atoms with van der Waals surface area (Å²) in [6.45, 7) is 3.70. The van der Waals surface area contributed by atoms with Gasteiger partial charge in [0.2, 0.25) is 5.91 Å². The van der Waals surface area contributed by atoms with Crippen LogP contribution in [0.1, 0.15) is 38.2 Å². The van der Waals surface area contributed by atoms with E-state index in [0.717, 1.165) is 37.8 Å². The summed E-state index contributed by atoms with van der Waals surface area (Å²) in [5.74, 6) is 0.951. The molecule has 0 N–H and O–H groups in total. The molecule has 1 aliphatic heterocycles. The molecule has 2 aliphatic rings. The maximum atomic E-state index is 13.2. The average Bonchev–Trinajstić information content (AvgIpc) is 2.78. The van der Waals surface area contributed by atoms with Gasteiger partial charge in [0.25, 0.3) is 0 Å². The molecule has 4 atom stereocenters. The van der Waals surface area contributed by atoms with E-state index >= 15 is 0 Å². The van der Waals surface area contributed by atoms with Crippen molar-refractivity contribution in [3.63, 3.8) is 0 Å². The minimum atomic E-state index is -0.890. The van der Waals surface area contributed by atoms with Gasteiger partial charge in [0.15, 0.2) is 4.87 Å². The fourth-order valence-electron chi connectivity index (χ4n) is 4.34. The second-order valence-electron chi connectivity index (χ2n) is 7.01. The van der Waals surface area contributed by atoms with Gasteiger partial charge in [0.05, 0.1) is 0 Å². The van der Waals surface area contributed by atoms with E-state index < -0.39 is 4.87 Å². The third kappa shape index (κ3) is 2.89. The van der Waals surface area contributed by atoms with Gasteiger partial charge >= 0.3 is 0 Å². The Labute approximate surface area is 144 Å². The third-order valence-electron chi connectivity index (χ3n) is 5.50. The van der Waals surface area contributed by atoms with Crippen molar-refractivity contribution >= 4 is 17.5 Å². The van der Waals surface area contributed by atoms with E-state index in [1.807, 2.05) is 35.2 Å². The van der Waals surface area contributed by atoms with Gasteiger partial charge in [0.1, 0.15) is 0 Å². The van der Waals surface area contributed by atoms with Crippen molar-refractivity contribution in [2.45, 2.75) is 43.5 Å². The molecule has 1 aromatic carbocycles. The monoisotopic (exact) mass is 335 g/mol. The summed E-state index contributed by atoms with van der Waals surface area (Å²) in [7, 11) is 1.70. The zero-order valence-electron chi connectivity index (χ0n) is 14.0. The van der Waals surface area contributed by atoms with E-state index in [1.165, 1.54) is 0 Å². The van der Waals surface area contributed by atoms with Crippen molar-refractivity contribution < 1.29 is 9.53 Å². The minimum absolute atomic E-state index is 0.0885. The Morgan fingerprint density at radius 2 is 2.04 bits per heavy atom. The lowest BCUT2D eigenvalue weighted by atomic mass is 9.73. The maximum Gasteiger partial charge on any atom is 0.248 e. The molecule has 2 fully saturated rings. The SMILES string of the molecule is COCCCN1C(=O)C(Cl)(c2ccccc2)[C@H]2CC[C@@H](C)CC21. The van der Waals surface area contributed by atoms with Gasteiger partial charge in [-0.25, -0.2) is 0 Å². The first kappa shape index (κ1) is 16.8. The highest BCUT2D eigenvalue weighted by molar-refractivity contribution is 6.35. The van der Waals surface area contributed by atoms with Crippen LogP contribution in [0.4, 0.5) is 0 Å². The number of rotatable bonds is 5. The zero-order chi connectivity index (χ0) is 16.4. The highest BCUT2D eigenvalue weighted by atomic mass is 35.5. The lowest BCUT2D eigenvalue weighted by Crippen LogP contribution is -2.39. The van der Waals surface area contributed by atoms with Gasteiger partial charge in [-0.1, -0.05) is 43.7 Å². The van der Waals surface area contributed by atoms with Gasteiger partial charge in [-0.15, -0.1) is 11.6 Å². The van der Waals surface area contributed by atoms with Crippen molar-refractivity contribution in [2.75, 3.05) is 20.3 Å². The number of alkyl halides is 1. The lowest BCUT2D eigenvalue weighted by molar-refractivity contribution is -0.131. The first-order valence-corrected chi connectivity index (χ1v) is 9.01. The molecule has 23 heavy (non-hydrogen) atoms. The molecule has 1 saturated carbocycles. The second kappa shape index (κ2) is 6.82. The van der Waals surface area contributed by atoms with Crippen LogP contribution in [-0.2, 0) is 14.4 Å². The van der Waals surface area contributed by atoms with E-state index in [9.17, 15) is 4.79 Å². The Morgan fingerprint density at radius 1 is 1.30 bits per heavy atom. The molecule has 0 spiro atoms. The number of methoxy groups -OCH3 is 1. The molecule has 0 radical (unpaired) electrons. The number of amides is 1. The summed E-state index contributed by atoms with van der Waals surface area (Å²) in [6, 6.07) is 10.2. The Hall–Kier alpha value is -1.06. The summed E-state index contributed by atoms with van der Waals surface area (Å²) in [5, 5.41) is 0. The molecule has 0 bridgehead atoms. The summed E-state index contributed by atoms with van der Waals surface area (Å²) >= 11 is 7.05. The van der Waals surface area contributed by atoms with Crippen molar-refractivity contribution in [3.05, 3.63) is 35.9 Å². The van der Waals surface area contributed by atoms with E-state index in [4.69, 9.17) is 16.3 Å². The van der Waals surface area contributed by atoms with Gasteiger partial charge in [-0.05, 0) is 30.7 Å². The molecule has 1 aromatic rings. The van der Waals surface area contributed by atoms with Crippen LogP contribution in [0.2, 0.25) is 0 Å². The number of benzene rings is 1. The van der Waals surface area contributed by atoms with Crippen LogP contribution in [0.25, 0.3) is 0 Å². The molecule has 3 nitrogen and oxygen atoms in total. The van der Waals surface area contributed by atoms with Gasteiger partial charge in [0, 0.05) is 32.2 Å². The van der Waals surface area contributed by atoms with Crippen molar-refractivity contribution in [3.8, 4) is 0 Å². The van der Waals surface area contributed by atoms with Crippen LogP contribution in [-0.4, -0.2) is 37.1 Å². The topological polar surface area (TPSA) is 29.5 Å². The summed E-state index contributed by atoms with van der Waals surface area (Å²) in [4.78, 5) is 14.4. The number of likely N-dealkylation sites (tertiary alicyclic amines) is 1. The number of fused-ring (bicyclic) bond motifs is 1. The predicted molar refractivity (Wildman–Crippen MR) is 92.5 cm³/mol. The molecule has 1 amide bonds. The van der Waals surface area contributed by atoms with Crippen LogP contribution >= 0.6 is 11.6 Å². The number of ether oxygens (including phenoxy) is 1. The predicted octanol–water partition coefficient (Wildman–Crippen LogP) is 3.80. The fourth-order valence-corrected chi connectivity index (χ4v) is 4.83. The number of carbonyl (C=O) groups is 1. The summed E-state index contributed by atoms with van der Waals surface area (Å²) in [6.07, 6.45) is 4.10. The van der Waals surface area contributed by atoms with Crippen molar-refractivity contribution in [1.29, 1.82) is 0 Å². The van der Waals surface area contributed by atoms with Gasteiger partial charge in [-0.3, -0.25) is 4.79 Å². The first-order valence-electron chi connectivity index (χ1n) is 8.63. The number of hydrogen-bond donors (Lipinski definition) is 0. The number of nitrogens with zero attached hydrogens (tertiary/aromatic N) is 1. The number of carbonyl (C=O) groups excluding carboxylic acids is 1. The van der Waals surface area contributed by atoms with E-state index in [2.05, 4.69) is 6.92 Å². The van der Waals surface area contributed by atoms with Crippen molar-refractivity contribution in [1.82, 2.24) is 4.90 Å². The van der Waals surface area contributed by atoms with Crippen LogP contribution in [0.5, 0.6) is 0 Å². The largest absolute Gasteiger partial charge is 0.385 e. The first-order chi connectivity index (χ1) is 11.1. The minimum Gasteiger partial charge on any atom is -0.385 e. The average molecular weight is 336 g/mol. The molecule has 3 rings (SSSR count). The molecule has 1 saturated heterocycles. The molecule has 0 aromatic heterocycles. The van der Waals surface area contributed by atoms with Gasteiger partial charge in [-0.2, -0.15) is 0 Å². The highest BCUT2D eigenvalue weighted by Gasteiger charge is 2.59. The zero-order valence-corrected chi connectivity index (χ0v) is 14.8. The molecule has 126 valence electrons. The molecule has 2 unspecified atom stereocenters. The Balaban J connectivity index is 1.92. The van der Waals surface area contributed by atoms with E-state index in [-0.39, 0.29) is 17.9 Å². The second-order valence-corrected chi connectivity index (χ2v) is 7.61. The van der Waals surface area contributed by atoms with Crippen LogP contribution < -0.4 is 0 Å².